The van der Waals surface area contributed by atoms with Crippen LogP contribution in [0, 0.1) is 5.92 Å². The largest absolute Gasteiger partial charge is 0.383 e. The first-order valence-electron chi connectivity index (χ1n) is 6.21. The monoisotopic (exact) mass is 213 g/mol. The van der Waals surface area contributed by atoms with Crippen molar-refractivity contribution >= 4 is 0 Å². The van der Waals surface area contributed by atoms with Crippen LogP contribution in [0.15, 0.2) is 0 Å². The molecule has 2 saturated heterocycles. The summed E-state index contributed by atoms with van der Waals surface area (Å²) in [6.07, 6.45) is 6.08. The molecule has 0 aromatic heterocycles. The summed E-state index contributed by atoms with van der Waals surface area (Å²) in [7, 11) is 1.77. The smallest absolute Gasteiger partial charge is 0.0621 e. The molecular weight excluding hydrogens is 190 g/mol. The summed E-state index contributed by atoms with van der Waals surface area (Å²) in [6, 6.07) is 0.508. The van der Waals surface area contributed by atoms with Gasteiger partial charge >= 0.3 is 0 Å². The average molecular weight is 213 g/mol. The highest BCUT2D eigenvalue weighted by atomic mass is 16.5. The number of rotatable bonds is 6. The molecule has 0 aromatic rings. The molecular formula is C12H23NO2. The molecule has 2 heterocycles. The van der Waals surface area contributed by atoms with Gasteiger partial charge in [-0.1, -0.05) is 6.92 Å². The lowest BCUT2D eigenvalue weighted by Gasteiger charge is -2.22. The first-order chi connectivity index (χ1) is 7.33. The Balaban J connectivity index is 1.69. The lowest BCUT2D eigenvalue weighted by atomic mass is 9.89. The lowest BCUT2D eigenvalue weighted by Crippen LogP contribution is -2.38. The van der Waals surface area contributed by atoms with E-state index in [2.05, 4.69) is 12.2 Å². The van der Waals surface area contributed by atoms with E-state index >= 15 is 0 Å². The van der Waals surface area contributed by atoms with E-state index in [0.717, 1.165) is 25.5 Å². The van der Waals surface area contributed by atoms with Crippen molar-refractivity contribution in [2.75, 3.05) is 20.3 Å². The molecule has 88 valence electrons. The van der Waals surface area contributed by atoms with Gasteiger partial charge in [0, 0.05) is 25.6 Å². The summed E-state index contributed by atoms with van der Waals surface area (Å²) in [5.41, 5.74) is 0. The van der Waals surface area contributed by atoms with Crippen LogP contribution in [0.1, 0.15) is 32.6 Å². The number of methoxy groups -OCH3 is 1. The molecule has 1 N–H and O–H groups in total. The molecule has 3 nitrogen and oxygen atoms in total. The number of fused-ring (bicyclic) bond motifs is 2. The van der Waals surface area contributed by atoms with Gasteiger partial charge in [-0.05, 0) is 25.7 Å². The van der Waals surface area contributed by atoms with Crippen LogP contribution in [0.25, 0.3) is 0 Å². The molecule has 2 bridgehead atoms. The van der Waals surface area contributed by atoms with Crippen LogP contribution in [0.4, 0.5) is 0 Å². The molecule has 3 heteroatoms. The lowest BCUT2D eigenvalue weighted by molar-refractivity contribution is 0.0906. The zero-order valence-corrected chi connectivity index (χ0v) is 9.87. The molecule has 0 saturated carbocycles. The van der Waals surface area contributed by atoms with E-state index in [9.17, 15) is 0 Å². The third-order valence-electron chi connectivity index (χ3n) is 3.76. The van der Waals surface area contributed by atoms with Gasteiger partial charge in [0.05, 0.1) is 18.8 Å². The van der Waals surface area contributed by atoms with Gasteiger partial charge in [0.1, 0.15) is 0 Å². The van der Waals surface area contributed by atoms with Crippen LogP contribution in [0.2, 0.25) is 0 Å². The van der Waals surface area contributed by atoms with Crippen molar-refractivity contribution < 1.29 is 9.47 Å². The first-order valence-corrected chi connectivity index (χ1v) is 6.21. The highest BCUT2D eigenvalue weighted by molar-refractivity contribution is 4.90. The molecule has 4 atom stereocenters. The summed E-state index contributed by atoms with van der Waals surface area (Å²) < 4.78 is 11.0. The first kappa shape index (κ1) is 11.4. The summed E-state index contributed by atoms with van der Waals surface area (Å²) in [4.78, 5) is 0. The number of hydrogen-bond donors (Lipinski definition) is 1. The molecule has 0 aliphatic carbocycles. The minimum atomic E-state index is 0.508. The van der Waals surface area contributed by atoms with Crippen LogP contribution < -0.4 is 5.32 Å². The third kappa shape index (κ3) is 2.71. The summed E-state index contributed by atoms with van der Waals surface area (Å²) in [6.45, 7) is 4.12. The molecule has 0 spiro atoms. The summed E-state index contributed by atoms with van der Waals surface area (Å²) in [5, 5.41) is 3.59. The van der Waals surface area contributed by atoms with Crippen LogP contribution in [0.3, 0.4) is 0 Å². The van der Waals surface area contributed by atoms with Gasteiger partial charge in [-0.25, -0.2) is 0 Å². The normalized spacial score (nSPS) is 36.0. The van der Waals surface area contributed by atoms with Crippen molar-refractivity contribution in [3.63, 3.8) is 0 Å². The van der Waals surface area contributed by atoms with Gasteiger partial charge in [0.25, 0.3) is 0 Å². The predicted molar refractivity (Wildman–Crippen MR) is 60.0 cm³/mol. The Kier molecular flexibility index (Phi) is 4.00. The Bertz CT molecular complexity index is 198. The molecule has 0 radical (unpaired) electrons. The van der Waals surface area contributed by atoms with E-state index in [1.165, 1.54) is 19.3 Å². The Morgan fingerprint density at radius 2 is 2.33 bits per heavy atom. The molecule has 4 unspecified atom stereocenters. The molecule has 0 amide bonds. The molecule has 15 heavy (non-hydrogen) atoms. The predicted octanol–water partition coefficient (Wildman–Crippen LogP) is 1.57. The van der Waals surface area contributed by atoms with Crippen molar-refractivity contribution in [2.45, 2.75) is 50.9 Å². The summed E-state index contributed by atoms with van der Waals surface area (Å²) in [5.74, 6) is 0.745. The Hall–Kier alpha value is -0.120. The van der Waals surface area contributed by atoms with Gasteiger partial charge in [0.15, 0.2) is 0 Å². The van der Waals surface area contributed by atoms with Crippen LogP contribution in [-0.4, -0.2) is 38.5 Å². The second kappa shape index (κ2) is 5.28. The van der Waals surface area contributed by atoms with E-state index in [1.807, 2.05) is 0 Å². The molecule has 2 aliphatic rings. The zero-order chi connectivity index (χ0) is 10.7. The van der Waals surface area contributed by atoms with Gasteiger partial charge in [-0.3, -0.25) is 0 Å². The highest BCUT2D eigenvalue weighted by Gasteiger charge is 2.40. The van der Waals surface area contributed by atoms with Gasteiger partial charge in [-0.2, -0.15) is 0 Å². The number of nitrogens with one attached hydrogen (secondary N) is 1. The van der Waals surface area contributed by atoms with Crippen LogP contribution in [-0.2, 0) is 9.47 Å². The maximum atomic E-state index is 5.84. The minimum Gasteiger partial charge on any atom is -0.383 e. The number of hydrogen-bond acceptors (Lipinski definition) is 3. The maximum Gasteiger partial charge on any atom is 0.0621 e. The quantitative estimate of drug-likeness (QED) is 0.726. The van der Waals surface area contributed by atoms with Gasteiger partial charge in [0.2, 0.25) is 0 Å². The number of ether oxygens (including phenoxy) is 2. The Labute approximate surface area is 92.5 Å². The molecule has 2 aliphatic heterocycles. The van der Waals surface area contributed by atoms with E-state index in [1.54, 1.807) is 7.11 Å². The van der Waals surface area contributed by atoms with E-state index in [0.29, 0.717) is 18.2 Å². The fourth-order valence-electron chi connectivity index (χ4n) is 2.80. The topological polar surface area (TPSA) is 30.5 Å². The third-order valence-corrected chi connectivity index (χ3v) is 3.76. The Morgan fingerprint density at radius 3 is 2.87 bits per heavy atom. The van der Waals surface area contributed by atoms with Gasteiger partial charge < -0.3 is 14.8 Å². The van der Waals surface area contributed by atoms with Crippen molar-refractivity contribution in [1.29, 1.82) is 0 Å². The standard InChI is InChI=1S/C12H23NO2/c1-3-10(8-14-2)13-7-9-6-11-4-5-12(9)15-11/h9-13H,3-8H2,1-2H3. The van der Waals surface area contributed by atoms with Crippen LogP contribution >= 0.6 is 0 Å². The molecule has 2 rings (SSSR count). The molecule has 2 fully saturated rings. The van der Waals surface area contributed by atoms with Gasteiger partial charge in [-0.15, -0.1) is 0 Å². The Morgan fingerprint density at radius 1 is 1.47 bits per heavy atom. The highest BCUT2D eigenvalue weighted by Crippen LogP contribution is 2.38. The maximum absolute atomic E-state index is 5.84. The van der Waals surface area contributed by atoms with Crippen molar-refractivity contribution in [2.24, 2.45) is 5.92 Å². The van der Waals surface area contributed by atoms with Crippen molar-refractivity contribution in [3.05, 3.63) is 0 Å². The van der Waals surface area contributed by atoms with E-state index in [4.69, 9.17) is 9.47 Å². The van der Waals surface area contributed by atoms with Crippen molar-refractivity contribution in [3.8, 4) is 0 Å². The minimum absolute atomic E-state index is 0.508. The fourth-order valence-corrected chi connectivity index (χ4v) is 2.80. The average Bonchev–Trinajstić information content (AvgIpc) is 2.85. The zero-order valence-electron chi connectivity index (χ0n) is 9.87. The fraction of sp³-hybridized carbons (Fsp3) is 1.00. The van der Waals surface area contributed by atoms with E-state index in [-0.39, 0.29) is 0 Å². The van der Waals surface area contributed by atoms with Crippen LogP contribution in [0.5, 0.6) is 0 Å². The second-order valence-electron chi connectivity index (χ2n) is 4.84. The van der Waals surface area contributed by atoms with E-state index < -0.39 is 0 Å². The molecule has 0 aromatic carbocycles. The second-order valence-corrected chi connectivity index (χ2v) is 4.84. The van der Waals surface area contributed by atoms with Crippen molar-refractivity contribution in [1.82, 2.24) is 5.32 Å². The SMILES string of the molecule is CCC(COC)NCC1CC2CCC1O2. The summed E-state index contributed by atoms with van der Waals surface area (Å²) >= 11 is 0.